The highest BCUT2D eigenvalue weighted by molar-refractivity contribution is 6.09. The van der Waals surface area contributed by atoms with Crippen LogP contribution in [0.3, 0.4) is 0 Å². The van der Waals surface area contributed by atoms with E-state index in [1.54, 1.807) is 12.0 Å². The molecule has 8 heteroatoms. The molecule has 1 spiro atoms. The van der Waals surface area contributed by atoms with Crippen LogP contribution in [0.1, 0.15) is 25.3 Å². The summed E-state index contributed by atoms with van der Waals surface area (Å²) in [6.45, 7) is 4.04. The van der Waals surface area contributed by atoms with E-state index in [1.165, 1.54) is 0 Å². The number of imide groups is 1. The summed E-state index contributed by atoms with van der Waals surface area (Å²) in [4.78, 5) is 41.7. The van der Waals surface area contributed by atoms with E-state index in [-0.39, 0.29) is 12.5 Å². The summed E-state index contributed by atoms with van der Waals surface area (Å²) < 4.78 is 5.36. The first-order valence-electron chi connectivity index (χ1n) is 9.86. The second kappa shape index (κ2) is 8.65. The number of benzene rings is 1. The largest absolute Gasteiger partial charge is 0.496 e. The normalized spacial score (nSPS) is 19.5. The van der Waals surface area contributed by atoms with Crippen molar-refractivity contribution in [2.75, 3.05) is 39.8 Å². The van der Waals surface area contributed by atoms with Gasteiger partial charge in [-0.3, -0.25) is 19.4 Å². The first-order chi connectivity index (χ1) is 13.9. The number of hydrogen-bond donors (Lipinski definition) is 1. The van der Waals surface area contributed by atoms with Gasteiger partial charge in [0, 0.05) is 31.7 Å². The van der Waals surface area contributed by atoms with Crippen LogP contribution in [0.15, 0.2) is 30.3 Å². The van der Waals surface area contributed by atoms with Gasteiger partial charge in [0.2, 0.25) is 5.91 Å². The lowest BCUT2D eigenvalue weighted by Gasteiger charge is -2.41. The second-order valence-corrected chi connectivity index (χ2v) is 7.36. The number of likely N-dealkylation sites (tertiary alicyclic amines) is 1. The maximum absolute atomic E-state index is 13.0. The number of likely N-dealkylation sites (N-methyl/N-ethyl adjacent to an activating group) is 1. The third-order valence-corrected chi connectivity index (χ3v) is 5.74. The molecule has 1 aromatic carbocycles. The second-order valence-electron chi connectivity index (χ2n) is 7.36. The standard InChI is InChI=1S/C21H28N4O4/c1-3-25-20(28)24(15-18(22)26)19(27)21(25)10-13-23(14-11-21)12-6-8-16-7-4-5-9-17(16)29-2/h4-9H,3,10-15H2,1-2H3,(H2,22,26)/b8-6+. The molecule has 1 aromatic rings. The fourth-order valence-corrected chi connectivity index (χ4v) is 4.24. The quantitative estimate of drug-likeness (QED) is 0.696. The number of nitrogens with two attached hydrogens (primary N) is 1. The Labute approximate surface area is 170 Å². The van der Waals surface area contributed by atoms with Crippen molar-refractivity contribution >= 4 is 23.9 Å². The average Bonchev–Trinajstić information content (AvgIpc) is 2.90. The predicted octanol–water partition coefficient (Wildman–Crippen LogP) is 1.31. The number of methoxy groups -OCH3 is 1. The van der Waals surface area contributed by atoms with Gasteiger partial charge in [-0.1, -0.05) is 30.4 Å². The van der Waals surface area contributed by atoms with Crippen LogP contribution >= 0.6 is 0 Å². The van der Waals surface area contributed by atoms with Crippen LogP contribution in [0.4, 0.5) is 4.79 Å². The lowest BCUT2D eigenvalue weighted by atomic mass is 9.86. The maximum atomic E-state index is 13.0. The molecule has 2 N–H and O–H groups in total. The number of hydrogen-bond acceptors (Lipinski definition) is 5. The van der Waals surface area contributed by atoms with Crippen molar-refractivity contribution in [1.29, 1.82) is 0 Å². The number of urea groups is 1. The van der Waals surface area contributed by atoms with E-state index in [1.807, 2.05) is 37.3 Å². The van der Waals surface area contributed by atoms with Crippen molar-refractivity contribution in [3.63, 3.8) is 0 Å². The molecule has 2 aliphatic rings. The molecule has 4 amide bonds. The predicted molar refractivity (Wildman–Crippen MR) is 109 cm³/mol. The molecular weight excluding hydrogens is 372 g/mol. The average molecular weight is 400 g/mol. The molecule has 0 radical (unpaired) electrons. The zero-order chi connectivity index (χ0) is 21.0. The molecule has 0 aliphatic carbocycles. The smallest absolute Gasteiger partial charge is 0.328 e. The van der Waals surface area contributed by atoms with E-state index in [0.29, 0.717) is 32.5 Å². The Balaban J connectivity index is 1.64. The summed E-state index contributed by atoms with van der Waals surface area (Å²) in [7, 11) is 1.65. The van der Waals surface area contributed by atoms with Crippen LogP contribution in [0.25, 0.3) is 6.08 Å². The third-order valence-electron chi connectivity index (χ3n) is 5.74. The van der Waals surface area contributed by atoms with Crippen LogP contribution in [-0.4, -0.2) is 77.9 Å². The number of ether oxygens (including phenoxy) is 1. The van der Waals surface area contributed by atoms with Crippen molar-refractivity contribution in [2.24, 2.45) is 5.73 Å². The molecule has 2 fully saturated rings. The van der Waals surface area contributed by atoms with Crippen LogP contribution in [0.2, 0.25) is 0 Å². The molecule has 8 nitrogen and oxygen atoms in total. The number of carbonyl (C=O) groups is 3. The topological polar surface area (TPSA) is 96.2 Å². The molecule has 2 aliphatic heterocycles. The van der Waals surface area contributed by atoms with Gasteiger partial charge in [0.1, 0.15) is 17.8 Å². The Bertz CT molecular complexity index is 815. The molecule has 0 aromatic heterocycles. The van der Waals surface area contributed by atoms with Crippen molar-refractivity contribution in [1.82, 2.24) is 14.7 Å². The summed E-state index contributed by atoms with van der Waals surface area (Å²) in [5, 5.41) is 0. The Morgan fingerprint density at radius 2 is 1.93 bits per heavy atom. The molecule has 2 saturated heterocycles. The zero-order valence-corrected chi connectivity index (χ0v) is 17.0. The Kier molecular flexibility index (Phi) is 6.22. The Hall–Kier alpha value is -2.87. The van der Waals surface area contributed by atoms with Crippen LogP contribution < -0.4 is 10.5 Å². The van der Waals surface area contributed by atoms with Gasteiger partial charge in [-0.15, -0.1) is 0 Å². The van der Waals surface area contributed by atoms with Gasteiger partial charge >= 0.3 is 6.03 Å². The Morgan fingerprint density at radius 1 is 1.24 bits per heavy atom. The molecule has 0 unspecified atom stereocenters. The zero-order valence-electron chi connectivity index (χ0n) is 17.0. The van der Waals surface area contributed by atoms with Gasteiger partial charge in [0.05, 0.1) is 7.11 Å². The summed E-state index contributed by atoms with van der Waals surface area (Å²) >= 11 is 0. The number of para-hydroxylation sites is 1. The van der Waals surface area contributed by atoms with E-state index < -0.39 is 17.5 Å². The van der Waals surface area contributed by atoms with E-state index in [0.717, 1.165) is 22.8 Å². The summed E-state index contributed by atoms with van der Waals surface area (Å²) in [6.07, 6.45) is 5.20. The summed E-state index contributed by atoms with van der Waals surface area (Å²) in [5.74, 6) is -0.157. The minimum Gasteiger partial charge on any atom is -0.496 e. The molecule has 0 bridgehead atoms. The van der Waals surface area contributed by atoms with E-state index in [2.05, 4.69) is 11.0 Å². The van der Waals surface area contributed by atoms with Crippen molar-refractivity contribution in [2.45, 2.75) is 25.3 Å². The highest BCUT2D eigenvalue weighted by Crippen LogP contribution is 2.37. The van der Waals surface area contributed by atoms with Gasteiger partial charge in [-0.2, -0.15) is 0 Å². The minimum absolute atomic E-state index is 0.299. The SMILES string of the molecule is CCN1C(=O)N(CC(N)=O)C(=O)C12CCN(C/C=C/c1ccccc1OC)CC2. The van der Waals surface area contributed by atoms with Crippen LogP contribution in [0, 0.1) is 0 Å². The van der Waals surface area contributed by atoms with E-state index in [4.69, 9.17) is 10.5 Å². The van der Waals surface area contributed by atoms with Gasteiger partial charge < -0.3 is 15.4 Å². The van der Waals surface area contributed by atoms with Gasteiger partial charge in [-0.05, 0) is 25.8 Å². The lowest BCUT2D eigenvalue weighted by molar-refractivity contribution is -0.137. The number of nitrogens with zero attached hydrogens (tertiary/aromatic N) is 3. The van der Waals surface area contributed by atoms with Crippen molar-refractivity contribution in [3.05, 3.63) is 35.9 Å². The van der Waals surface area contributed by atoms with Gasteiger partial charge in [-0.25, -0.2) is 4.79 Å². The highest BCUT2D eigenvalue weighted by Gasteiger charge is 2.57. The lowest BCUT2D eigenvalue weighted by Crippen LogP contribution is -2.56. The summed E-state index contributed by atoms with van der Waals surface area (Å²) in [5.41, 5.74) is 5.38. The fourth-order valence-electron chi connectivity index (χ4n) is 4.24. The fraction of sp³-hybridized carbons (Fsp3) is 0.476. The Morgan fingerprint density at radius 3 is 2.55 bits per heavy atom. The number of rotatable bonds is 7. The van der Waals surface area contributed by atoms with E-state index in [9.17, 15) is 14.4 Å². The maximum Gasteiger partial charge on any atom is 0.328 e. The minimum atomic E-state index is -0.857. The van der Waals surface area contributed by atoms with Crippen molar-refractivity contribution < 1.29 is 19.1 Å². The molecule has 3 rings (SSSR count). The summed E-state index contributed by atoms with van der Waals surface area (Å²) in [6, 6.07) is 7.40. The van der Waals surface area contributed by atoms with Crippen LogP contribution in [-0.2, 0) is 9.59 Å². The molecule has 156 valence electrons. The van der Waals surface area contributed by atoms with Crippen molar-refractivity contribution in [3.8, 4) is 5.75 Å². The number of primary amides is 1. The third kappa shape index (κ3) is 3.98. The first kappa shape index (κ1) is 20.9. The highest BCUT2D eigenvalue weighted by atomic mass is 16.5. The molecule has 0 atom stereocenters. The molecule has 2 heterocycles. The van der Waals surface area contributed by atoms with Gasteiger partial charge in [0.25, 0.3) is 5.91 Å². The molecule has 29 heavy (non-hydrogen) atoms. The molecular formula is C21H28N4O4. The number of amides is 4. The van der Waals surface area contributed by atoms with E-state index >= 15 is 0 Å². The number of carbonyl (C=O) groups excluding carboxylic acids is 3. The van der Waals surface area contributed by atoms with Crippen LogP contribution in [0.5, 0.6) is 5.75 Å². The monoisotopic (exact) mass is 400 g/mol. The molecule has 0 saturated carbocycles. The first-order valence-corrected chi connectivity index (χ1v) is 9.86. The van der Waals surface area contributed by atoms with Gasteiger partial charge in [0.15, 0.2) is 0 Å². The number of piperidine rings is 1.